The summed E-state index contributed by atoms with van der Waals surface area (Å²) in [6, 6.07) is 0. The van der Waals surface area contributed by atoms with Crippen LogP contribution in [0.5, 0.6) is 0 Å². The largest absolute Gasteiger partial charge is 0.460 e. The lowest BCUT2D eigenvalue weighted by Gasteiger charge is -2.23. The highest BCUT2D eigenvalue weighted by atomic mass is 16.6. The maximum atomic E-state index is 11.8. The molecule has 2 atom stereocenters. The third-order valence-corrected chi connectivity index (χ3v) is 2.97. The Kier molecular flexibility index (Phi) is 2.68. The van der Waals surface area contributed by atoms with Crippen LogP contribution < -0.4 is 0 Å². The monoisotopic (exact) mass is 198 g/mol. The molecule has 1 saturated carbocycles. The van der Waals surface area contributed by atoms with E-state index in [0.717, 1.165) is 6.42 Å². The average Bonchev–Trinajstić information content (AvgIpc) is 2.60. The predicted octanol–water partition coefficient (Wildman–Crippen LogP) is 3.01. The summed E-state index contributed by atoms with van der Waals surface area (Å²) < 4.78 is 5.41. The summed E-state index contributed by atoms with van der Waals surface area (Å²) >= 11 is 0. The zero-order chi connectivity index (χ0) is 11.1. The first-order valence-electron chi connectivity index (χ1n) is 5.40. The van der Waals surface area contributed by atoms with Crippen LogP contribution in [-0.2, 0) is 9.53 Å². The van der Waals surface area contributed by atoms with Gasteiger partial charge in [0.15, 0.2) is 0 Å². The second kappa shape index (κ2) is 3.25. The molecule has 14 heavy (non-hydrogen) atoms. The molecule has 2 nitrogen and oxygen atoms in total. The first-order valence-corrected chi connectivity index (χ1v) is 5.40. The van der Waals surface area contributed by atoms with Crippen LogP contribution in [0.15, 0.2) is 0 Å². The zero-order valence-electron chi connectivity index (χ0n) is 10.2. The van der Waals surface area contributed by atoms with Crippen molar-refractivity contribution in [1.82, 2.24) is 0 Å². The lowest BCUT2D eigenvalue weighted by Crippen LogP contribution is -2.29. The summed E-state index contributed by atoms with van der Waals surface area (Å²) in [5.41, 5.74) is -0.564. The molecule has 82 valence electrons. The molecule has 1 aliphatic carbocycles. The molecule has 2 heteroatoms. The first kappa shape index (κ1) is 11.5. The van der Waals surface area contributed by atoms with E-state index in [-0.39, 0.29) is 17.0 Å². The van der Waals surface area contributed by atoms with Gasteiger partial charge in [0.25, 0.3) is 0 Å². The molecule has 1 fully saturated rings. The van der Waals surface area contributed by atoms with Crippen molar-refractivity contribution < 1.29 is 9.53 Å². The maximum absolute atomic E-state index is 11.8. The number of rotatable bonds is 2. The molecule has 0 N–H and O–H groups in total. The Hall–Kier alpha value is -0.530. The molecular formula is C12H22O2. The van der Waals surface area contributed by atoms with Crippen LogP contribution in [0.1, 0.15) is 48.0 Å². The Morgan fingerprint density at radius 3 is 2.21 bits per heavy atom. The molecule has 0 heterocycles. The predicted molar refractivity (Wildman–Crippen MR) is 56.9 cm³/mol. The Morgan fingerprint density at radius 2 is 1.93 bits per heavy atom. The quantitative estimate of drug-likeness (QED) is 0.637. The Balaban J connectivity index is 2.56. The molecule has 0 aliphatic heterocycles. The van der Waals surface area contributed by atoms with Crippen LogP contribution in [0.2, 0.25) is 0 Å². The van der Waals surface area contributed by atoms with Crippen LogP contribution in [-0.4, -0.2) is 11.6 Å². The first-order chi connectivity index (χ1) is 6.17. The minimum Gasteiger partial charge on any atom is -0.460 e. The van der Waals surface area contributed by atoms with Gasteiger partial charge in [0.05, 0.1) is 5.41 Å². The van der Waals surface area contributed by atoms with Crippen molar-refractivity contribution in [2.24, 2.45) is 17.3 Å². The fourth-order valence-corrected chi connectivity index (χ4v) is 2.00. The van der Waals surface area contributed by atoms with E-state index in [1.54, 1.807) is 0 Å². The highest BCUT2D eigenvalue weighted by molar-refractivity contribution is 5.80. The highest BCUT2D eigenvalue weighted by Gasteiger charge is 2.58. The van der Waals surface area contributed by atoms with E-state index >= 15 is 0 Å². The summed E-state index contributed by atoms with van der Waals surface area (Å²) in [4.78, 5) is 11.8. The van der Waals surface area contributed by atoms with Crippen LogP contribution in [0.25, 0.3) is 0 Å². The number of ether oxygens (including phenoxy) is 1. The van der Waals surface area contributed by atoms with Crippen molar-refractivity contribution in [2.75, 3.05) is 0 Å². The van der Waals surface area contributed by atoms with Gasteiger partial charge in [0.2, 0.25) is 0 Å². The molecule has 1 aliphatic rings. The molecule has 2 unspecified atom stereocenters. The van der Waals surface area contributed by atoms with Crippen molar-refractivity contribution in [3.8, 4) is 0 Å². The van der Waals surface area contributed by atoms with E-state index in [9.17, 15) is 4.79 Å². The molecular weight excluding hydrogens is 176 g/mol. The summed E-state index contributed by atoms with van der Waals surface area (Å²) in [5.74, 6) is 1.06. The second-order valence-corrected chi connectivity index (χ2v) is 5.97. The summed E-state index contributed by atoms with van der Waals surface area (Å²) in [6.45, 7) is 12.1. The van der Waals surface area contributed by atoms with Gasteiger partial charge in [-0.05, 0) is 46.0 Å². The van der Waals surface area contributed by atoms with Gasteiger partial charge in [-0.3, -0.25) is 4.79 Å². The normalized spacial score (nSPS) is 31.8. The molecule has 0 bridgehead atoms. The fourth-order valence-electron chi connectivity index (χ4n) is 2.00. The summed E-state index contributed by atoms with van der Waals surface area (Å²) in [6.07, 6.45) is 0.986. The maximum Gasteiger partial charge on any atom is 0.312 e. The molecule has 0 amide bonds. The van der Waals surface area contributed by atoms with Crippen LogP contribution in [0, 0.1) is 17.3 Å². The molecule has 1 rings (SSSR count). The van der Waals surface area contributed by atoms with E-state index in [2.05, 4.69) is 13.8 Å². The van der Waals surface area contributed by atoms with Gasteiger partial charge in [-0.1, -0.05) is 13.8 Å². The Labute approximate surface area is 87.0 Å². The van der Waals surface area contributed by atoms with Gasteiger partial charge in [0.1, 0.15) is 5.60 Å². The molecule has 0 radical (unpaired) electrons. The number of hydrogen-bond acceptors (Lipinski definition) is 2. The van der Waals surface area contributed by atoms with Crippen molar-refractivity contribution in [3.63, 3.8) is 0 Å². The van der Waals surface area contributed by atoms with Gasteiger partial charge in [-0.25, -0.2) is 0 Å². The highest BCUT2D eigenvalue weighted by Crippen LogP contribution is 2.57. The number of carbonyl (C=O) groups is 1. The van der Waals surface area contributed by atoms with Gasteiger partial charge in [0, 0.05) is 0 Å². The summed E-state index contributed by atoms with van der Waals surface area (Å²) in [5, 5.41) is 0. The third-order valence-electron chi connectivity index (χ3n) is 2.97. The molecule has 0 aromatic carbocycles. The van der Waals surface area contributed by atoms with Crippen LogP contribution in [0.4, 0.5) is 0 Å². The van der Waals surface area contributed by atoms with Gasteiger partial charge >= 0.3 is 5.97 Å². The molecule has 0 aromatic heterocycles. The van der Waals surface area contributed by atoms with Crippen molar-refractivity contribution >= 4 is 5.97 Å². The van der Waals surface area contributed by atoms with Crippen molar-refractivity contribution in [3.05, 3.63) is 0 Å². The topological polar surface area (TPSA) is 26.3 Å². The molecule has 0 spiro atoms. The standard InChI is InChI=1S/C12H22O2/c1-8(2)9-7-12(9,6)10(13)14-11(3,4)5/h8-9H,7H2,1-6H3. The van der Waals surface area contributed by atoms with Gasteiger partial charge < -0.3 is 4.74 Å². The van der Waals surface area contributed by atoms with E-state index in [4.69, 9.17) is 4.74 Å². The van der Waals surface area contributed by atoms with Crippen LogP contribution >= 0.6 is 0 Å². The molecule has 0 aromatic rings. The Morgan fingerprint density at radius 1 is 1.43 bits per heavy atom. The lowest BCUT2D eigenvalue weighted by atomic mass is 9.99. The van der Waals surface area contributed by atoms with Gasteiger partial charge in [-0.2, -0.15) is 0 Å². The van der Waals surface area contributed by atoms with Gasteiger partial charge in [-0.15, -0.1) is 0 Å². The van der Waals surface area contributed by atoms with E-state index in [1.165, 1.54) is 0 Å². The number of esters is 1. The number of carbonyl (C=O) groups excluding carboxylic acids is 1. The molecule has 0 saturated heterocycles. The fraction of sp³-hybridized carbons (Fsp3) is 0.917. The SMILES string of the molecule is CC(C)C1CC1(C)C(=O)OC(C)(C)C. The van der Waals surface area contributed by atoms with E-state index < -0.39 is 0 Å². The third kappa shape index (κ3) is 2.28. The average molecular weight is 198 g/mol. The van der Waals surface area contributed by atoms with Crippen molar-refractivity contribution in [2.45, 2.75) is 53.6 Å². The van der Waals surface area contributed by atoms with E-state index in [1.807, 2.05) is 27.7 Å². The van der Waals surface area contributed by atoms with E-state index in [0.29, 0.717) is 11.8 Å². The smallest absolute Gasteiger partial charge is 0.312 e. The number of hydrogen-bond donors (Lipinski definition) is 0. The minimum absolute atomic E-state index is 0.0244. The Bertz CT molecular complexity index is 237. The second-order valence-electron chi connectivity index (χ2n) is 5.97. The zero-order valence-corrected chi connectivity index (χ0v) is 10.2. The summed E-state index contributed by atoms with van der Waals surface area (Å²) in [7, 11) is 0. The lowest BCUT2D eigenvalue weighted by molar-refractivity contribution is -0.161. The minimum atomic E-state index is -0.357. The van der Waals surface area contributed by atoms with Crippen molar-refractivity contribution in [1.29, 1.82) is 0 Å². The van der Waals surface area contributed by atoms with Crippen LogP contribution in [0.3, 0.4) is 0 Å².